The summed E-state index contributed by atoms with van der Waals surface area (Å²) in [6.07, 6.45) is 3.62. The molecule has 0 saturated carbocycles. The van der Waals surface area contributed by atoms with Crippen LogP contribution < -0.4 is 5.32 Å². The summed E-state index contributed by atoms with van der Waals surface area (Å²) >= 11 is 1.66. The SMILES string of the molecule is CC(C)c1ccc(SCC(=O)N2CCC3(CCNC3)CC2)cc1. The number of piperidine rings is 1. The van der Waals surface area contributed by atoms with E-state index in [0.717, 1.165) is 26.2 Å². The molecule has 0 aromatic heterocycles. The van der Waals surface area contributed by atoms with E-state index in [1.54, 1.807) is 11.8 Å². The van der Waals surface area contributed by atoms with Crippen molar-refractivity contribution in [1.29, 1.82) is 0 Å². The predicted molar refractivity (Wildman–Crippen MR) is 97.0 cm³/mol. The van der Waals surface area contributed by atoms with Gasteiger partial charge in [0.15, 0.2) is 0 Å². The Kier molecular flexibility index (Phi) is 5.32. The van der Waals surface area contributed by atoms with Gasteiger partial charge in [-0.3, -0.25) is 4.79 Å². The first-order valence-electron chi connectivity index (χ1n) is 8.79. The third kappa shape index (κ3) is 4.10. The lowest BCUT2D eigenvalue weighted by Gasteiger charge is -2.38. The van der Waals surface area contributed by atoms with Crippen LogP contribution in [0.4, 0.5) is 0 Å². The minimum atomic E-state index is 0.295. The number of thioether (sulfide) groups is 1. The van der Waals surface area contributed by atoms with Gasteiger partial charge in [0, 0.05) is 24.5 Å². The van der Waals surface area contributed by atoms with E-state index in [2.05, 4.69) is 48.3 Å². The maximum atomic E-state index is 12.4. The number of carbonyl (C=O) groups is 1. The number of likely N-dealkylation sites (tertiary alicyclic amines) is 1. The molecule has 1 spiro atoms. The van der Waals surface area contributed by atoms with Gasteiger partial charge in [-0.05, 0) is 54.8 Å². The van der Waals surface area contributed by atoms with Crippen LogP contribution in [0.3, 0.4) is 0 Å². The molecule has 0 bridgehead atoms. The first-order chi connectivity index (χ1) is 11.1. The molecule has 2 fully saturated rings. The summed E-state index contributed by atoms with van der Waals surface area (Å²) in [6.45, 7) is 8.58. The molecule has 3 nitrogen and oxygen atoms in total. The highest BCUT2D eigenvalue weighted by molar-refractivity contribution is 8.00. The second kappa shape index (κ2) is 7.27. The van der Waals surface area contributed by atoms with Crippen molar-refractivity contribution in [1.82, 2.24) is 10.2 Å². The lowest BCUT2D eigenvalue weighted by Crippen LogP contribution is -2.44. The Morgan fingerprint density at radius 3 is 2.48 bits per heavy atom. The summed E-state index contributed by atoms with van der Waals surface area (Å²) in [6, 6.07) is 8.63. The Balaban J connectivity index is 1.46. The molecule has 2 aliphatic heterocycles. The zero-order valence-corrected chi connectivity index (χ0v) is 15.1. The lowest BCUT2D eigenvalue weighted by atomic mass is 9.78. The monoisotopic (exact) mass is 332 g/mol. The molecule has 126 valence electrons. The molecule has 3 rings (SSSR count). The van der Waals surface area contributed by atoms with Crippen molar-refractivity contribution in [2.24, 2.45) is 5.41 Å². The molecule has 0 atom stereocenters. The Labute approximate surface area is 144 Å². The molecule has 2 aliphatic rings. The van der Waals surface area contributed by atoms with Crippen LogP contribution in [0.2, 0.25) is 0 Å². The summed E-state index contributed by atoms with van der Waals surface area (Å²) in [5, 5.41) is 3.48. The van der Waals surface area contributed by atoms with Crippen molar-refractivity contribution >= 4 is 17.7 Å². The van der Waals surface area contributed by atoms with E-state index in [9.17, 15) is 4.79 Å². The summed E-state index contributed by atoms with van der Waals surface area (Å²) in [7, 11) is 0. The number of rotatable bonds is 4. The van der Waals surface area contributed by atoms with Crippen LogP contribution in [0.15, 0.2) is 29.2 Å². The van der Waals surface area contributed by atoms with E-state index in [-0.39, 0.29) is 0 Å². The van der Waals surface area contributed by atoms with E-state index in [1.165, 1.54) is 29.7 Å². The van der Waals surface area contributed by atoms with E-state index in [0.29, 0.717) is 23.0 Å². The highest BCUT2D eigenvalue weighted by Gasteiger charge is 2.37. The van der Waals surface area contributed by atoms with Gasteiger partial charge < -0.3 is 10.2 Å². The summed E-state index contributed by atoms with van der Waals surface area (Å²) in [5.41, 5.74) is 1.84. The van der Waals surface area contributed by atoms with Crippen LogP contribution >= 0.6 is 11.8 Å². The molecule has 0 radical (unpaired) electrons. The molecule has 0 aliphatic carbocycles. The van der Waals surface area contributed by atoms with Gasteiger partial charge in [-0.15, -0.1) is 11.8 Å². The van der Waals surface area contributed by atoms with Gasteiger partial charge in [0.25, 0.3) is 0 Å². The lowest BCUT2D eigenvalue weighted by molar-refractivity contribution is -0.130. The molecule has 2 heterocycles. The second-order valence-corrected chi connectivity index (χ2v) is 8.37. The van der Waals surface area contributed by atoms with Crippen LogP contribution in [-0.2, 0) is 4.79 Å². The molecule has 4 heteroatoms. The molecule has 1 aromatic rings. The number of nitrogens with zero attached hydrogens (tertiary/aromatic N) is 1. The quantitative estimate of drug-likeness (QED) is 0.857. The Morgan fingerprint density at radius 2 is 1.91 bits per heavy atom. The van der Waals surface area contributed by atoms with Crippen molar-refractivity contribution in [3.8, 4) is 0 Å². The third-order valence-electron chi connectivity index (χ3n) is 5.42. The normalized spacial score (nSPS) is 20.4. The number of amides is 1. The van der Waals surface area contributed by atoms with Gasteiger partial charge in [-0.2, -0.15) is 0 Å². The topological polar surface area (TPSA) is 32.3 Å². The third-order valence-corrected chi connectivity index (χ3v) is 6.41. The summed E-state index contributed by atoms with van der Waals surface area (Å²) < 4.78 is 0. The number of nitrogens with one attached hydrogen (secondary N) is 1. The average Bonchev–Trinajstić information content (AvgIpc) is 3.02. The van der Waals surface area contributed by atoms with Crippen LogP contribution in [0.5, 0.6) is 0 Å². The Hall–Kier alpha value is -1.00. The molecule has 1 N–H and O–H groups in total. The molecule has 0 unspecified atom stereocenters. The maximum absolute atomic E-state index is 12.4. The van der Waals surface area contributed by atoms with Crippen molar-refractivity contribution < 1.29 is 4.79 Å². The van der Waals surface area contributed by atoms with E-state index < -0.39 is 0 Å². The summed E-state index contributed by atoms with van der Waals surface area (Å²) in [4.78, 5) is 15.7. The summed E-state index contributed by atoms with van der Waals surface area (Å²) in [5.74, 6) is 1.41. The largest absolute Gasteiger partial charge is 0.342 e. The van der Waals surface area contributed by atoms with Crippen LogP contribution in [0.25, 0.3) is 0 Å². The molecular formula is C19H28N2OS. The first kappa shape index (κ1) is 16.8. The first-order valence-corrected chi connectivity index (χ1v) is 9.78. The fourth-order valence-corrected chi connectivity index (χ4v) is 4.44. The van der Waals surface area contributed by atoms with Gasteiger partial charge in [-0.1, -0.05) is 26.0 Å². The fraction of sp³-hybridized carbons (Fsp3) is 0.632. The van der Waals surface area contributed by atoms with Gasteiger partial charge in [0.2, 0.25) is 5.91 Å². The van der Waals surface area contributed by atoms with Crippen molar-refractivity contribution in [2.45, 2.75) is 43.9 Å². The molecule has 23 heavy (non-hydrogen) atoms. The minimum Gasteiger partial charge on any atom is -0.342 e. The zero-order chi connectivity index (χ0) is 16.3. The number of carbonyl (C=O) groups excluding carboxylic acids is 1. The molecule has 1 amide bonds. The van der Waals surface area contributed by atoms with E-state index in [1.807, 2.05) is 0 Å². The fourth-order valence-electron chi connectivity index (χ4n) is 3.64. The van der Waals surface area contributed by atoms with E-state index in [4.69, 9.17) is 0 Å². The van der Waals surface area contributed by atoms with Crippen LogP contribution in [0.1, 0.15) is 44.6 Å². The van der Waals surface area contributed by atoms with Crippen molar-refractivity contribution in [2.75, 3.05) is 31.9 Å². The second-order valence-electron chi connectivity index (χ2n) is 7.32. The maximum Gasteiger partial charge on any atom is 0.232 e. The molecular weight excluding hydrogens is 304 g/mol. The number of hydrogen-bond donors (Lipinski definition) is 1. The van der Waals surface area contributed by atoms with Gasteiger partial charge in [-0.25, -0.2) is 0 Å². The molecule has 1 aromatic carbocycles. The van der Waals surface area contributed by atoms with Crippen molar-refractivity contribution in [3.05, 3.63) is 29.8 Å². The average molecular weight is 333 g/mol. The standard InChI is InChI=1S/C19H28N2OS/c1-15(2)16-3-5-17(6-4-16)23-13-18(22)21-11-8-19(9-12-21)7-10-20-14-19/h3-6,15,20H,7-14H2,1-2H3. The zero-order valence-electron chi connectivity index (χ0n) is 14.3. The van der Waals surface area contributed by atoms with Crippen LogP contribution in [-0.4, -0.2) is 42.7 Å². The van der Waals surface area contributed by atoms with Gasteiger partial charge in [0.1, 0.15) is 0 Å². The van der Waals surface area contributed by atoms with Crippen LogP contribution in [0, 0.1) is 5.41 Å². The highest BCUT2D eigenvalue weighted by atomic mass is 32.2. The molecule has 2 saturated heterocycles. The Bertz CT molecular complexity index is 525. The van der Waals surface area contributed by atoms with E-state index >= 15 is 0 Å². The van der Waals surface area contributed by atoms with Crippen molar-refractivity contribution in [3.63, 3.8) is 0 Å². The highest BCUT2D eigenvalue weighted by Crippen LogP contribution is 2.37. The minimum absolute atomic E-state index is 0.295. The Morgan fingerprint density at radius 1 is 1.22 bits per heavy atom. The number of benzene rings is 1. The number of hydrogen-bond acceptors (Lipinski definition) is 3. The predicted octanol–water partition coefficient (Wildman–Crippen LogP) is 3.50. The smallest absolute Gasteiger partial charge is 0.232 e. The van der Waals surface area contributed by atoms with Gasteiger partial charge in [0.05, 0.1) is 5.75 Å². The van der Waals surface area contributed by atoms with Gasteiger partial charge >= 0.3 is 0 Å².